The Hall–Kier alpha value is -1.67. The van der Waals surface area contributed by atoms with Crippen LogP contribution >= 0.6 is 23.2 Å². The van der Waals surface area contributed by atoms with E-state index in [2.05, 4.69) is 25.1 Å². The highest BCUT2D eigenvalue weighted by atomic mass is 35.5. The molecule has 2 fully saturated rings. The Kier molecular flexibility index (Phi) is 7.16. The SMILES string of the molecule is C[C@@H](Nc1nc(N2CC([C@H]3CCCN(CCO)C3)C2)ncc1F)c1ccc(Cl)cc1Cl. The summed E-state index contributed by atoms with van der Waals surface area (Å²) in [4.78, 5) is 13.1. The van der Waals surface area contributed by atoms with Crippen molar-refractivity contribution in [3.05, 3.63) is 45.8 Å². The van der Waals surface area contributed by atoms with Gasteiger partial charge >= 0.3 is 0 Å². The second kappa shape index (κ2) is 9.86. The van der Waals surface area contributed by atoms with E-state index in [0.717, 1.165) is 38.3 Å². The zero-order valence-corrected chi connectivity index (χ0v) is 19.1. The van der Waals surface area contributed by atoms with Crippen molar-refractivity contribution in [1.82, 2.24) is 14.9 Å². The first-order valence-corrected chi connectivity index (χ1v) is 11.5. The Bertz CT molecular complexity index is 909. The van der Waals surface area contributed by atoms with Gasteiger partial charge in [-0.3, -0.25) is 0 Å². The lowest BCUT2D eigenvalue weighted by molar-refractivity contribution is 0.101. The summed E-state index contributed by atoms with van der Waals surface area (Å²) in [5.74, 6) is 1.42. The van der Waals surface area contributed by atoms with Crippen molar-refractivity contribution in [3.63, 3.8) is 0 Å². The number of β-amino-alcohol motifs (C(OH)–C–C–N with tert-alkyl or cyclic N) is 1. The largest absolute Gasteiger partial charge is 0.395 e. The molecule has 4 rings (SSSR count). The van der Waals surface area contributed by atoms with Crippen LogP contribution in [-0.4, -0.2) is 59.3 Å². The van der Waals surface area contributed by atoms with E-state index in [1.54, 1.807) is 12.1 Å². The van der Waals surface area contributed by atoms with Gasteiger partial charge in [0.15, 0.2) is 11.6 Å². The van der Waals surface area contributed by atoms with Crippen molar-refractivity contribution < 1.29 is 9.50 Å². The van der Waals surface area contributed by atoms with E-state index in [4.69, 9.17) is 23.2 Å². The monoisotopic (exact) mass is 467 g/mol. The van der Waals surface area contributed by atoms with E-state index in [1.807, 2.05) is 13.0 Å². The standard InChI is InChI=1S/C22H28Cl2FN5O/c1-14(18-5-4-17(23)9-19(18)24)27-21-20(25)10-26-22(28-21)30-12-16(13-30)15-3-2-6-29(11-15)7-8-31/h4-5,9-10,14-16,31H,2-3,6-8,11-13H2,1H3,(H,26,27,28)/t14-,15+/m1/s1. The molecule has 2 atom stereocenters. The van der Waals surface area contributed by atoms with E-state index < -0.39 is 5.82 Å². The molecule has 2 aliphatic rings. The maximum absolute atomic E-state index is 14.4. The number of aliphatic hydroxyl groups is 1. The van der Waals surface area contributed by atoms with Gasteiger partial charge in [-0.1, -0.05) is 29.3 Å². The fraction of sp³-hybridized carbons (Fsp3) is 0.545. The first-order valence-electron chi connectivity index (χ1n) is 10.8. The van der Waals surface area contributed by atoms with Crippen molar-refractivity contribution in [3.8, 4) is 0 Å². The normalized spacial score (nSPS) is 21.1. The molecule has 9 heteroatoms. The number of anilines is 2. The first kappa shape index (κ1) is 22.5. The van der Waals surface area contributed by atoms with Gasteiger partial charge in [-0.25, -0.2) is 9.37 Å². The molecule has 2 saturated heterocycles. The van der Waals surface area contributed by atoms with Gasteiger partial charge in [0.1, 0.15) is 0 Å². The van der Waals surface area contributed by atoms with Gasteiger partial charge in [0.25, 0.3) is 0 Å². The average Bonchev–Trinajstić information content (AvgIpc) is 2.70. The number of nitrogens with zero attached hydrogens (tertiary/aromatic N) is 4. The van der Waals surface area contributed by atoms with Crippen molar-refractivity contribution >= 4 is 35.0 Å². The summed E-state index contributed by atoms with van der Waals surface area (Å²) in [6.45, 7) is 6.72. The third-order valence-corrected chi connectivity index (χ3v) is 6.89. The van der Waals surface area contributed by atoms with Gasteiger partial charge in [0, 0.05) is 36.2 Å². The number of nitrogens with one attached hydrogen (secondary N) is 1. The Morgan fingerprint density at radius 1 is 1.26 bits per heavy atom. The van der Waals surface area contributed by atoms with E-state index in [1.165, 1.54) is 19.0 Å². The summed E-state index contributed by atoms with van der Waals surface area (Å²) in [5, 5.41) is 13.4. The van der Waals surface area contributed by atoms with Crippen LogP contribution in [0.3, 0.4) is 0 Å². The highest BCUT2D eigenvalue weighted by Gasteiger charge is 2.37. The van der Waals surface area contributed by atoms with E-state index in [0.29, 0.717) is 27.8 Å². The third kappa shape index (κ3) is 5.22. The smallest absolute Gasteiger partial charge is 0.227 e. The molecular weight excluding hydrogens is 440 g/mol. The number of piperidine rings is 1. The third-order valence-electron chi connectivity index (χ3n) is 6.33. The van der Waals surface area contributed by atoms with Crippen LogP contribution in [0.5, 0.6) is 0 Å². The molecule has 0 aliphatic carbocycles. The van der Waals surface area contributed by atoms with Gasteiger partial charge in [0.05, 0.1) is 18.8 Å². The van der Waals surface area contributed by atoms with Crippen LogP contribution in [-0.2, 0) is 0 Å². The highest BCUT2D eigenvalue weighted by Crippen LogP contribution is 2.34. The Labute approximate surface area is 192 Å². The van der Waals surface area contributed by atoms with Crippen molar-refractivity contribution in [2.75, 3.05) is 49.5 Å². The zero-order chi connectivity index (χ0) is 22.0. The van der Waals surface area contributed by atoms with Gasteiger partial charge in [-0.05, 0) is 55.8 Å². The number of halogens is 3. The van der Waals surface area contributed by atoms with E-state index in [-0.39, 0.29) is 18.5 Å². The van der Waals surface area contributed by atoms with Gasteiger partial charge in [-0.2, -0.15) is 4.98 Å². The number of benzene rings is 1. The predicted octanol–water partition coefficient (Wildman–Crippen LogP) is 4.24. The maximum atomic E-state index is 14.4. The zero-order valence-electron chi connectivity index (χ0n) is 17.6. The maximum Gasteiger partial charge on any atom is 0.227 e. The summed E-state index contributed by atoms with van der Waals surface area (Å²) in [6, 6.07) is 5.01. The number of likely N-dealkylation sites (tertiary alicyclic amines) is 1. The molecule has 31 heavy (non-hydrogen) atoms. The number of rotatable bonds is 7. The number of hydrogen-bond acceptors (Lipinski definition) is 6. The number of aromatic nitrogens is 2. The molecule has 0 amide bonds. The fourth-order valence-electron chi connectivity index (χ4n) is 4.54. The van der Waals surface area contributed by atoms with Crippen molar-refractivity contribution in [2.24, 2.45) is 11.8 Å². The summed E-state index contributed by atoms with van der Waals surface area (Å²) in [6.07, 6.45) is 3.61. The topological polar surface area (TPSA) is 64.5 Å². The van der Waals surface area contributed by atoms with E-state index in [9.17, 15) is 9.50 Å². The molecule has 1 aromatic heterocycles. The molecule has 2 aliphatic heterocycles. The minimum atomic E-state index is -0.496. The van der Waals surface area contributed by atoms with Crippen LogP contribution < -0.4 is 10.2 Å². The first-order chi connectivity index (χ1) is 14.9. The van der Waals surface area contributed by atoms with Crippen LogP contribution in [0.1, 0.15) is 31.4 Å². The number of aliphatic hydroxyl groups excluding tert-OH is 1. The van der Waals surface area contributed by atoms with Gasteiger partial charge < -0.3 is 20.2 Å². The Morgan fingerprint density at radius 3 is 2.81 bits per heavy atom. The lowest BCUT2D eigenvalue weighted by atomic mass is 9.81. The second-order valence-electron chi connectivity index (χ2n) is 8.49. The summed E-state index contributed by atoms with van der Waals surface area (Å²) < 4.78 is 14.4. The molecular formula is C22H28Cl2FN5O. The summed E-state index contributed by atoms with van der Waals surface area (Å²) >= 11 is 12.3. The molecule has 2 N–H and O–H groups in total. The molecule has 0 bridgehead atoms. The predicted molar refractivity (Wildman–Crippen MR) is 122 cm³/mol. The molecule has 6 nitrogen and oxygen atoms in total. The van der Waals surface area contributed by atoms with Crippen molar-refractivity contribution in [2.45, 2.75) is 25.8 Å². The highest BCUT2D eigenvalue weighted by molar-refractivity contribution is 6.35. The molecule has 0 saturated carbocycles. The minimum absolute atomic E-state index is 0.166. The summed E-state index contributed by atoms with van der Waals surface area (Å²) in [5.41, 5.74) is 0.819. The van der Waals surface area contributed by atoms with Gasteiger partial charge in [-0.15, -0.1) is 0 Å². The number of hydrogen-bond donors (Lipinski definition) is 2. The average molecular weight is 468 g/mol. The molecule has 0 unspecified atom stereocenters. The van der Waals surface area contributed by atoms with Crippen molar-refractivity contribution in [1.29, 1.82) is 0 Å². The molecule has 0 spiro atoms. The molecule has 3 heterocycles. The van der Waals surface area contributed by atoms with E-state index >= 15 is 0 Å². The van der Waals surface area contributed by atoms with Gasteiger partial charge in [0.2, 0.25) is 5.95 Å². The van der Waals surface area contributed by atoms with Crippen LogP contribution in [0.2, 0.25) is 10.0 Å². The van der Waals surface area contributed by atoms with Crippen LogP contribution in [0.25, 0.3) is 0 Å². The molecule has 2 aromatic rings. The molecule has 1 aromatic carbocycles. The Morgan fingerprint density at radius 2 is 2.06 bits per heavy atom. The molecule has 168 valence electrons. The Balaban J connectivity index is 1.38. The second-order valence-corrected chi connectivity index (χ2v) is 9.33. The van der Waals surface area contributed by atoms with Crippen LogP contribution in [0.15, 0.2) is 24.4 Å². The quantitative estimate of drug-likeness (QED) is 0.634. The van der Waals surface area contributed by atoms with Crippen LogP contribution in [0.4, 0.5) is 16.2 Å². The lowest BCUT2D eigenvalue weighted by Crippen LogP contribution is -2.54. The summed E-state index contributed by atoms with van der Waals surface area (Å²) in [7, 11) is 0. The fourth-order valence-corrected chi connectivity index (χ4v) is 5.11. The minimum Gasteiger partial charge on any atom is -0.395 e. The van der Waals surface area contributed by atoms with Crippen LogP contribution in [0, 0.1) is 17.7 Å². The lowest BCUT2D eigenvalue weighted by Gasteiger charge is -2.46. The molecule has 0 radical (unpaired) electrons.